The van der Waals surface area contributed by atoms with Crippen LogP contribution >= 0.6 is 0 Å². The predicted molar refractivity (Wildman–Crippen MR) is 76.7 cm³/mol. The fourth-order valence-corrected chi connectivity index (χ4v) is 1.72. The lowest BCUT2D eigenvalue weighted by atomic mass is 10.2. The maximum absolute atomic E-state index is 10.2. The summed E-state index contributed by atoms with van der Waals surface area (Å²) in [5.74, 6) is 0.814. The lowest BCUT2D eigenvalue weighted by Crippen LogP contribution is -1.97. The van der Waals surface area contributed by atoms with Gasteiger partial charge >= 0.3 is 0 Å². The molecule has 0 aliphatic heterocycles. The highest BCUT2D eigenvalue weighted by atomic mass is 16.6. The van der Waals surface area contributed by atoms with Gasteiger partial charge in [-0.1, -0.05) is 44.7 Å². The van der Waals surface area contributed by atoms with Crippen LogP contribution in [-0.4, -0.2) is 11.5 Å². The Balaban J connectivity index is 2.26. The maximum Gasteiger partial charge on any atom is 0.235 e. The van der Waals surface area contributed by atoms with E-state index in [2.05, 4.69) is 6.92 Å². The van der Waals surface area contributed by atoms with Crippen molar-refractivity contribution in [3.63, 3.8) is 0 Å². The highest BCUT2D eigenvalue weighted by molar-refractivity contribution is 5.49. The van der Waals surface area contributed by atoms with E-state index in [4.69, 9.17) is 4.74 Å². The van der Waals surface area contributed by atoms with Crippen molar-refractivity contribution < 1.29 is 9.66 Å². The van der Waals surface area contributed by atoms with Gasteiger partial charge < -0.3 is 4.74 Å². The third-order valence-electron chi connectivity index (χ3n) is 2.79. The fourth-order valence-electron chi connectivity index (χ4n) is 1.72. The predicted octanol–water partition coefficient (Wildman–Crippen LogP) is 4.28. The molecule has 104 valence electrons. The molecular formula is C15H21NO3. The Morgan fingerprint density at radius 2 is 1.84 bits per heavy atom. The minimum absolute atomic E-state index is 0.472. The minimum Gasteiger partial charge on any atom is -0.494 e. The van der Waals surface area contributed by atoms with Gasteiger partial charge in [-0.05, 0) is 24.1 Å². The molecule has 0 heterocycles. The molecule has 19 heavy (non-hydrogen) atoms. The molecular weight excluding hydrogens is 242 g/mol. The van der Waals surface area contributed by atoms with Crippen LogP contribution in [0, 0.1) is 10.1 Å². The van der Waals surface area contributed by atoms with Crippen LogP contribution in [0.25, 0.3) is 6.08 Å². The fraction of sp³-hybridized carbons (Fsp3) is 0.467. The molecule has 4 nitrogen and oxygen atoms in total. The zero-order valence-corrected chi connectivity index (χ0v) is 11.4. The Bertz CT molecular complexity index is 398. The van der Waals surface area contributed by atoms with Gasteiger partial charge in [-0.3, -0.25) is 10.1 Å². The molecule has 0 atom stereocenters. The number of nitro groups is 1. The van der Waals surface area contributed by atoms with Crippen LogP contribution < -0.4 is 4.74 Å². The average molecular weight is 263 g/mol. The number of ether oxygens (including phenoxy) is 1. The zero-order chi connectivity index (χ0) is 13.9. The van der Waals surface area contributed by atoms with E-state index < -0.39 is 4.92 Å². The van der Waals surface area contributed by atoms with Gasteiger partial charge in [0.1, 0.15) is 5.75 Å². The Kier molecular flexibility index (Phi) is 7.32. The number of benzene rings is 1. The summed E-state index contributed by atoms with van der Waals surface area (Å²) in [6.45, 7) is 2.93. The second kappa shape index (κ2) is 9.14. The van der Waals surface area contributed by atoms with Gasteiger partial charge in [-0.25, -0.2) is 0 Å². The van der Waals surface area contributed by atoms with Crippen molar-refractivity contribution in [2.24, 2.45) is 0 Å². The molecule has 1 aromatic rings. The summed E-state index contributed by atoms with van der Waals surface area (Å²) in [4.78, 5) is 9.71. The van der Waals surface area contributed by atoms with Crippen molar-refractivity contribution in [2.45, 2.75) is 39.0 Å². The number of nitrogens with zero attached hydrogens (tertiary/aromatic N) is 1. The Morgan fingerprint density at radius 1 is 1.16 bits per heavy atom. The van der Waals surface area contributed by atoms with Gasteiger partial charge in [0, 0.05) is 6.08 Å². The Hall–Kier alpha value is -1.84. The summed E-state index contributed by atoms with van der Waals surface area (Å²) >= 11 is 0. The second-order valence-corrected chi connectivity index (χ2v) is 4.43. The van der Waals surface area contributed by atoms with Crippen LogP contribution in [0.4, 0.5) is 0 Å². The molecule has 0 bridgehead atoms. The SMILES string of the molecule is CCCCCCCOc1ccc(/C=C/[N+](=O)[O-])cc1. The largest absolute Gasteiger partial charge is 0.494 e. The molecule has 0 aliphatic rings. The van der Waals surface area contributed by atoms with Crippen molar-refractivity contribution in [2.75, 3.05) is 6.61 Å². The van der Waals surface area contributed by atoms with Crippen LogP contribution in [0.15, 0.2) is 30.5 Å². The van der Waals surface area contributed by atoms with E-state index in [1.807, 2.05) is 24.3 Å². The standard InChI is InChI=1S/C15H21NO3/c1-2-3-4-5-6-13-19-15-9-7-14(8-10-15)11-12-16(17)18/h7-12H,2-6,13H2,1H3/b12-11+. The van der Waals surface area contributed by atoms with E-state index >= 15 is 0 Å². The van der Waals surface area contributed by atoms with Crippen molar-refractivity contribution >= 4 is 6.08 Å². The normalized spacial score (nSPS) is 10.8. The van der Waals surface area contributed by atoms with Gasteiger partial charge in [-0.15, -0.1) is 0 Å². The van der Waals surface area contributed by atoms with Gasteiger partial charge in [0.15, 0.2) is 0 Å². The van der Waals surface area contributed by atoms with E-state index in [0.29, 0.717) is 0 Å². The van der Waals surface area contributed by atoms with E-state index in [1.54, 1.807) is 0 Å². The van der Waals surface area contributed by atoms with E-state index in [-0.39, 0.29) is 0 Å². The first-order valence-corrected chi connectivity index (χ1v) is 6.77. The van der Waals surface area contributed by atoms with Crippen molar-refractivity contribution in [3.05, 3.63) is 46.1 Å². The van der Waals surface area contributed by atoms with Crippen LogP contribution in [-0.2, 0) is 0 Å². The van der Waals surface area contributed by atoms with Crippen molar-refractivity contribution in [3.8, 4) is 5.75 Å². The first kappa shape index (κ1) is 15.2. The summed E-state index contributed by atoms with van der Waals surface area (Å²) in [6.07, 6.45) is 8.49. The molecule has 0 aromatic heterocycles. The average Bonchev–Trinajstić information content (AvgIpc) is 2.41. The first-order valence-electron chi connectivity index (χ1n) is 6.77. The third kappa shape index (κ3) is 7.24. The summed E-state index contributed by atoms with van der Waals surface area (Å²) < 4.78 is 5.61. The highest BCUT2D eigenvalue weighted by Gasteiger charge is 1.95. The number of unbranched alkanes of at least 4 members (excludes halogenated alkanes) is 4. The number of rotatable bonds is 9. The summed E-state index contributed by atoms with van der Waals surface area (Å²) in [6, 6.07) is 7.30. The quantitative estimate of drug-likeness (QED) is 0.379. The molecule has 4 heteroatoms. The number of hydrogen-bond acceptors (Lipinski definition) is 3. The molecule has 0 aliphatic carbocycles. The molecule has 0 N–H and O–H groups in total. The lowest BCUT2D eigenvalue weighted by molar-refractivity contribution is -0.400. The highest BCUT2D eigenvalue weighted by Crippen LogP contribution is 2.14. The van der Waals surface area contributed by atoms with Gasteiger partial charge in [0.2, 0.25) is 6.20 Å². The molecule has 0 amide bonds. The molecule has 0 spiro atoms. The third-order valence-corrected chi connectivity index (χ3v) is 2.79. The Labute approximate surface area is 114 Å². The maximum atomic E-state index is 10.2. The minimum atomic E-state index is -0.472. The van der Waals surface area contributed by atoms with E-state index in [0.717, 1.165) is 30.5 Å². The molecule has 0 fully saturated rings. The summed E-state index contributed by atoms with van der Waals surface area (Å²) in [5, 5.41) is 10.2. The smallest absolute Gasteiger partial charge is 0.235 e. The van der Waals surface area contributed by atoms with E-state index in [9.17, 15) is 10.1 Å². The molecule has 1 rings (SSSR count). The summed E-state index contributed by atoms with van der Waals surface area (Å²) in [7, 11) is 0. The van der Waals surface area contributed by atoms with E-state index in [1.165, 1.54) is 31.8 Å². The topological polar surface area (TPSA) is 52.4 Å². The van der Waals surface area contributed by atoms with Crippen LogP contribution in [0.3, 0.4) is 0 Å². The molecule has 0 radical (unpaired) electrons. The second-order valence-electron chi connectivity index (χ2n) is 4.43. The number of hydrogen-bond donors (Lipinski definition) is 0. The Morgan fingerprint density at radius 3 is 2.47 bits per heavy atom. The monoisotopic (exact) mass is 263 g/mol. The van der Waals surface area contributed by atoms with Gasteiger partial charge in [0.25, 0.3) is 0 Å². The molecule has 1 aromatic carbocycles. The zero-order valence-electron chi connectivity index (χ0n) is 11.4. The van der Waals surface area contributed by atoms with Crippen molar-refractivity contribution in [1.29, 1.82) is 0 Å². The molecule has 0 saturated heterocycles. The molecule has 0 saturated carbocycles. The first-order chi connectivity index (χ1) is 9.22. The van der Waals surface area contributed by atoms with Gasteiger partial charge in [-0.2, -0.15) is 0 Å². The summed E-state index contributed by atoms with van der Waals surface area (Å²) in [5.41, 5.74) is 0.798. The molecule has 0 unspecified atom stereocenters. The van der Waals surface area contributed by atoms with Crippen molar-refractivity contribution in [1.82, 2.24) is 0 Å². The van der Waals surface area contributed by atoms with Crippen LogP contribution in [0.1, 0.15) is 44.6 Å². The van der Waals surface area contributed by atoms with Gasteiger partial charge in [0.05, 0.1) is 11.5 Å². The van der Waals surface area contributed by atoms with Crippen LogP contribution in [0.2, 0.25) is 0 Å². The van der Waals surface area contributed by atoms with Crippen LogP contribution in [0.5, 0.6) is 5.75 Å². The lowest BCUT2D eigenvalue weighted by Gasteiger charge is -2.06.